The molecular weight excluding hydrogens is 217 g/mol. The van der Waals surface area contributed by atoms with Crippen LogP contribution in [0.15, 0.2) is 36.5 Å². The van der Waals surface area contributed by atoms with Crippen LogP contribution in [0.2, 0.25) is 0 Å². The van der Waals surface area contributed by atoms with Gasteiger partial charge in [0.15, 0.2) is 0 Å². The van der Waals surface area contributed by atoms with Gasteiger partial charge in [-0.05, 0) is 30.7 Å². The van der Waals surface area contributed by atoms with Crippen LogP contribution < -0.4 is 5.32 Å². The molecule has 0 aliphatic heterocycles. The van der Waals surface area contributed by atoms with Crippen molar-refractivity contribution < 1.29 is 4.39 Å². The summed E-state index contributed by atoms with van der Waals surface area (Å²) in [6.07, 6.45) is 1.92. The molecule has 17 heavy (non-hydrogen) atoms. The third kappa shape index (κ3) is 3.14. The van der Waals surface area contributed by atoms with Gasteiger partial charge in [-0.2, -0.15) is 5.10 Å². The largest absolute Gasteiger partial charge is 0.304 e. The second-order valence-electron chi connectivity index (χ2n) is 4.13. The molecule has 90 valence electrons. The average molecular weight is 233 g/mol. The van der Waals surface area contributed by atoms with Gasteiger partial charge < -0.3 is 5.32 Å². The highest BCUT2D eigenvalue weighted by Gasteiger charge is 2.05. The molecule has 1 aromatic heterocycles. The summed E-state index contributed by atoms with van der Waals surface area (Å²) in [5.41, 5.74) is 2.07. The second-order valence-corrected chi connectivity index (χ2v) is 4.13. The van der Waals surface area contributed by atoms with Crippen LogP contribution in [0.25, 0.3) is 0 Å². The normalized spacial score (nSPS) is 12.6. The molecule has 2 rings (SSSR count). The minimum absolute atomic E-state index is 0.178. The van der Waals surface area contributed by atoms with Crippen molar-refractivity contribution in [1.82, 2.24) is 15.1 Å². The summed E-state index contributed by atoms with van der Waals surface area (Å²) in [6.45, 7) is 2.76. The highest BCUT2D eigenvalue weighted by molar-refractivity contribution is 5.19. The lowest BCUT2D eigenvalue weighted by Crippen LogP contribution is -2.18. The maximum absolute atomic E-state index is 12.8. The quantitative estimate of drug-likeness (QED) is 0.878. The second kappa shape index (κ2) is 5.10. The molecule has 0 fully saturated rings. The van der Waals surface area contributed by atoms with Crippen LogP contribution in [0.3, 0.4) is 0 Å². The predicted octanol–water partition coefficient (Wildman–Crippen LogP) is 2.41. The summed E-state index contributed by atoms with van der Waals surface area (Å²) in [6, 6.07) is 8.71. The summed E-state index contributed by atoms with van der Waals surface area (Å²) < 4.78 is 14.5. The van der Waals surface area contributed by atoms with Gasteiger partial charge in [0.05, 0.1) is 5.69 Å². The van der Waals surface area contributed by atoms with Gasteiger partial charge >= 0.3 is 0 Å². The Labute approximate surface area is 100 Å². The van der Waals surface area contributed by atoms with E-state index < -0.39 is 0 Å². The number of aromatic nitrogens is 2. The maximum atomic E-state index is 12.8. The summed E-state index contributed by atoms with van der Waals surface area (Å²) >= 11 is 0. The Morgan fingerprint density at radius 1 is 1.29 bits per heavy atom. The molecule has 0 saturated carbocycles. The molecule has 1 unspecified atom stereocenters. The molecule has 3 nitrogen and oxygen atoms in total. The Morgan fingerprint density at radius 3 is 2.59 bits per heavy atom. The zero-order chi connectivity index (χ0) is 12.3. The fourth-order valence-electron chi connectivity index (χ4n) is 1.68. The van der Waals surface area contributed by atoms with E-state index in [1.165, 1.54) is 12.1 Å². The van der Waals surface area contributed by atoms with Crippen molar-refractivity contribution in [3.63, 3.8) is 0 Å². The fourth-order valence-corrected chi connectivity index (χ4v) is 1.68. The molecule has 1 atom stereocenters. The highest BCUT2D eigenvalue weighted by Crippen LogP contribution is 2.13. The lowest BCUT2D eigenvalue weighted by atomic mass is 10.1. The van der Waals surface area contributed by atoms with E-state index >= 15 is 0 Å². The molecule has 0 radical (unpaired) electrons. The monoisotopic (exact) mass is 233 g/mol. The molecule has 0 saturated heterocycles. The number of aryl methyl sites for hydroxylation is 1. The number of rotatable bonds is 4. The lowest BCUT2D eigenvalue weighted by molar-refractivity contribution is 0.559. The molecule has 1 heterocycles. The van der Waals surface area contributed by atoms with Crippen molar-refractivity contribution in [3.8, 4) is 0 Å². The van der Waals surface area contributed by atoms with Gasteiger partial charge in [0, 0.05) is 25.8 Å². The Hall–Kier alpha value is -1.68. The van der Waals surface area contributed by atoms with Gasteiger partial charge in [0.25, 0.3) is 0 Å². The van der Waals surface area contributed by atoms with Crippen molar-refractivity contribution in [2.24, 2.45) is 7.05 Å². The number of halogens is 1. The van der Waals surface area contributed by atoms with E-state index in [2.05, 4.69) is 17.3 Å². The standard InChI is InChI=1S/C13H16FN3/c1-10(11-3-5-12(14)6-4-11)15-9-13-7-8-17(2)16-13/h3-8,10,15H,9H2,1-2H3. The summed E-state index contributed by atoms with van der Waals surface area (Å²) in [7, 11) is 1.90. The van der Waals surface area contributed by atoms with Gasteiger partial charge in [-0.1, -0.05) is 12.1 Å². The Morgan fingerprint density at radius 2 is 2.00 bits per heavy atom. The summed E-state index contributed by atoms with van der Waals surface area (Å²) in [5.74, 6) is -0.203. The first-order valence-electron chi connectivity index (χ1n) is 5.62. The first kappa shape index (κ1) is 11.8. The van der Waals surface area contributed by atoms with E-state index in [9.17, 15) is 4.39 Å². The Balaban J connectivity index is 1.93. The zero-order valence-corrected chi connectivity index (χ0v) is 10.0. The van der Waals surface area contributed by atoms with E-state index in [4.69, 9.17) is 0 Å². The molecule has 2 aromatic rings. The van der Waals surface area contributed by atoms with E-state index in [1.807, 2.05) is 19.3 Å². The molecule has 0 bridgehead atoms. The van der Waals surface area contributed by atoms with Crippen molar-refractivity contribution in [1.29, 1.82) is 0 Å². The molecule has 4 heteroatoms. The van der Waals surface area contributed by atoms with E-state index in [0.717, 1.165) is 11.3 Å². The van der Waals surface area contributed by atoms with Crippen LogP contribution in [-0.2, 0) is 13.6 Å². The zero-order valence-electron chi connectivity index (χ0n) is 10.0. The minimum atomic E-state index is -0.203. The molecular formula is C13H16FN3. The van der Waals surface area contributed by atoms with Crippen LogP contribution in [-0.4, -0.2) is 9.78 Å². The van der Waals surface area contributed by atoms with Gasteiger partial charge in [0.1, 0.15) is 5.82 Å². The maximum Gasteiger partial charge on any atom is 0.123 e. The number of hydrogen-bond acceptors (Lipinski definition) is 2. The first-order valence-corrected chi connectivity index (χ1v) is 5.62. The van der Waals surface area contributed by atoms with Crippen LogP contribution in [0, 0.1) is 5.82 Å². The van der Waals surface area contributed by atoms with Crippen LogP contribution in [0.4, 0.5) is 4.39 Å². The number of benzene rings is 1. The average Bonchev–Trinajstić information content (AvgIpc) is 2.73. The van der Waals surface area contributed by atoms with Gasteiger partial charge in [0.2, 0.25) is 0 Å². The summed E-state index contributed by atoms with van der Waals surface area (Å²) in [5, 5.41) is 7.63. The van der Waals surface area contributed by atoms with Crippen molar-refractivity contribution >= 4 is 0 Å². The minimum Gasteiger partial charge on any atom is -0.304 e. The number of nitrogens with zero attached hydrogens (tertiary/aromatic N) is 2. The first-order chi connectivity index (χ1) is 8.15. The van der Waals surface area contributed by atoms with Crippen molar-refractivity contribution in [2.75, 3.05) is 0 Å². The van der Waals surface area contributed by atoms with Crippen molar-refractivity contribution in [2.45, 2.75) is 19.5 Å². The Kier molecular flexibility index (Phi) is 3.54. The van der Waals surface area contributed by atoms with Crippen LogP contribution >= 0.6 is 0 Å². The predicted molar refractivity (Wildman–Crippen MR) is 64.9 cm³/mol. The lowest BCUT2D eigenvalue weighted by Gasteiger charge is -2.13. The van der Waals surface area contributed by atoms with E-state index in [0.29, 0.717) is 6.54 Å². The molecule has 1 N–H and O–H groups in total. The van der Waals surface area contributed by atoms with Gasteiger partial charge in [-0.25, -0.2) is 4.39 Å². The highest BCUT2D eigenvalue weighted by atomic mass is 19.1. The third-order valence-corrected chi connectivity index (χ3v) is 2.73. The Bertz CT molecular complexity index is 476. The molecule has 0 aliphatic rings. The van der Waals surface area contributed by atoms with E-state index in [-0.39, 0.29) is 11.9 Å². The molecule has 1 aromatic carbocycles. The smallest absolute Gasteiger partial charge is 0.123 e. The van der Waals surface area contributed by atoms with Gasteiger partial charge in [-0.3, -0.25) is 4.68 Å². The molecule has 0 amide bonds. The van der Waals surface area contributed by atoms with Crippen LogP contribution in [0.5, 0.6) is 0 Å². The third-order valence-electron chi connectivity index (χ3n) is 2.73. The van der Waals surface area contributed by atoms with Crippen molar-refractivity contribution in [3.05, 3.63) is 53.6 Å². The summed E-state index contributed by atoms with van der Waals surface area (Å²) in [4.78, 5) is 0. The van der Waals surface area contributed by atoms with Crippen LogP contribution in [0.1, 0.15) is 24.2 Å². The van der Waals surface area contributed by atoms with Gasteiger partial charge in [-0.15, -0.1) is 0 Å². The number of hydrogen-bond donors (Lipinski definition) is 1. The fraction of sp³-hybridized carbons (Fsp3) is 0.308. The topological polar surface area (TPSA) is 29.9 Å². The molecule has 0 aliphatic carbocycles. The van der Waals surface area contributed by atoms with E-state index in [1.54, 1.807) is 16.8 Å². The number of nitrogens with one attached hydrogen (secondary N) is 1. The molecule has 0 spiro atoms. The SMILES string of the molecule is CC(NCc1ccn(C)n1)c1ccc(F)cc1.